The third-order valence-electron chi connectivity index (χ3n) is 3.05. The summed E-state index contributed by atoms with van der Waals surface area (Å²) in [5.74, 6) is -2.83. The van der Waals surface area contributed by atoms with Gasteiger partial charge in [0.25, 0.3) is 11.2 Å². The van der Waals surface area contributed by atoms with Gasteiger partial charge in [0, 0.05) is 17.7 Å². The average molecular weight is 318 g/mol. The fraction of sp³-hybridized carbons (Fsp3) is 0.0714. The van der Waals surface area contributed by atoms with Crippen molar-refractivity contribution < 1.29 is 24.7 Å². The summed E-state index contributed by atoms with van der Waals surface area (Å²) in [6.45, 7) is -0.766. The van der Waals surface area contributed by atoms with E-state index in [0.717, 1.165) is 10.6 Å². The predicted octanol–water partition coefficient (Wildman–Crippen LogP) is 1.21. The number of benzene rings is 1. The molecule has 118 valence electrons. The van der Waals surface area contributed by atoms with E-state index in [1.807, 2.05) is 0 Å². The van der Waals surface area contributed by atoms with E-state index in [2.05, 4.69) is 0 Å². The molecule has 9 nitrogen and oxygen atoms in total. The Morgan fingerprint density at radius 2 is 1.87 bits per heavy atom. The minimum absolute atomic E-state index is 0.0751. The van der Waals surface area contributed by atoms with Crippen LogP contribution in [0.1, 0.15) is 10.4 Å². The lowest BCUT2D eigenvalue weighted by molar-refractivity contribution is -0.384. The number of nitrogens with zero attached hydrogens (tertiary/aromatic N) is 2. The Labute approximate surface area is 128 Å². The first-order valence-electron chi connectivity index (χ1n) is 6.25. The highest BCUT2D eigenvalue weighted by atomic mass is 16.6. The highest BCUT2D eigenvalue weighted by Gasteiger charge is 2.18. The van der Waals surface area contributed by atoms with Gasteiger partial charge in [0.1, 0.15) is 12.1 Å². The predicted molar refractivity (Wildman–Crippen MR) is 77.4 cm³/mol. The maximum absolute atomic E-state index is 12.1. The average Bonchev–Trinajstić information content (AvgIpc) is 2.48. The summed E-state index contributed by atoms with van der Waals surface area (Å²) in [5.41, 5.74) is -1.51. The maximum Gasteiger partial charge on any atom is 0.341 e. The first-order valence-corrected chi connectivity index (χ1v) is 6.25. The van der Waals surface area contributed by atoms with E-state index in [9.17, 15) is 24.5 Å². The second-order valence-corrected chi connectivity index (χ2v) is 4.53. The molecule has 2 N–H and O–H groups in total. The number of aromatic nitrogens is 1. The molecule has 0 aliphatic carbocycles. The zero-order valence-electron chi connectivity index (χ0n) is 11.5. The van der Waals surface area contributed by atoms with E-state index in [0.29, 0.717) is 0 Å². The van der Waals surface area contributed by atoms with Crippen LogP contribution in [0.25, 0.3) is 11.3 Å². The van der Waals surface area contributed by atoms with Gasteiger partial charge in [-0.05, 0) is 12.1 Å². The van der Waals surface area contributed by atoms with Crippen molar-refractivity contribution in [1.29, 1.82) is 0 Å². The normalized spacial score (nSPS) is 10.3. The zero-order valence-corrected chi connectivity index (χ0v) is 11.5. The molecule has 0 radical (unpaired) electrons. The lowest BCUT2D eigenvalue weighted by Gasteiger charge is -2.12. The van der Waals surface area contributed by atoms with Gasteiger partial charge in [-0.3, -0.25) is 24.3 Å². The Kier molecular flexibility index (Phi) is 4.21. The minimum Gasteiger partial charge on any atom is -0.480 e. The second kappa shape index (κ2) is 6.10. The Morgan fingerprint density at radius 3 is 2.43 bits per heavy atom. The van der Waals surface area contributed by atoms with Gasteiger partial charge in [-0.15, -0.1) is 0 Å². The van der Waals surface area contributed by atoms with Gasteiger partial charge in [-0.2, -0.15) is 0 Å². The third-order valence-corrected chi connectivity index (χ3v) is 3.05. The summed E-state index contributed by atoms with van der Waals surface area (Å²) < 4.78 is 0.755. The molecule has 0 bridgehead atoms. The standard InChI is InChI=1S/C14H10N2O7/c17-12(18)7-15-11(5-4-10(13(15)19)14(20)21)8-2-1-3-9(6-8)16(22)23/h1-6H,7H2,(H,17,18)(H,20,21). The number of aliphatic carboxylic acids is 1. The summed E-state index contributed by atoms with van der Waals surface area (Å²) in [6.07, 6.45) is 0. The number of nitro benzene ring substituents is 1. The van der Waals surface area contributed by atoms with Gasteiger partial charge in [-0.1, -0.05) is 12.1 Å². The van der Waals surface area contributed by atoms with Crippen LogP contribution in [0.5, 0.6) is 0 Å². The molecule has 0 fully saturated rings. The van der Waals surface area contributed by atoms with Crippen molar-refractivity contribution >= 4 is 17.6 Å². The molecule has 9 heteroatoms. The first-order chi connectivity index (χ1) is 10.8. The van der Waals surface area contributed by atoms with Crippen LogP contribution in [0, 0.1) is 10.1 Å². The molecule has 0 unspecified atom stereocenters. The van der Waals surface area contributed by atoms with Crippen molar-refractivity contribution in [2.75, 3.05) is 0 Å². The topological polar surface area (TPSA) is 140 Å². The van der Waals surface area contributed by atoms with E-state index in [1.54, 1.807) is 0 Å². The SMILES string of the molecule is O=C(O)Cn1c(-c2cccc([N+](=O)[O-])c2)ccc(C(=O)O)c1=O. The molecule has 0 spiro atoms. The van der Waals surface area contributed by atoms with Crippen molar-refractivity contribution in [1.82, 2.24) is 4.57 Å². The maximum atomic E-state index is 12.1. The van der Waals surface area contributed by atoms with Crippen LogP contribution in [0.4, 0.5) is 5.69 Å². The molecule has 2 rings (SSSR count). The van der Waals surface area contributed by atoms with E-state index >= 15 is 0 Å². The quantitative estimate of drug-likeness (QED) is 0.623. The molecule has 1 heterocycles. The van der Waals surface area contributed by atoms with E-state index in [4.69, 9.17) is 10.2 Å². The monoisotopic (exact) mass is 318 g/mol. The van der Waals surface area contributed by atoms with Crippen LogP contribution in [0.15, 0.2) is 41.2 Å². The van der Waals surface area contributed by atoms with Crippen molar-refractivity contribution in [3.05, 3.63) is 62.4 Å². The summed E-state index contributed by atoms with van der Waals surface area (Å²) in [7, 11) is 0. The number of rotatable bonds is 5. The van der Waals surface area contributed by atoms with E-state index < -0.39 is 34.5 Å². The van der Waals surface area contributed by atoms with Crippen molar-refractivity contribution in [2.45, 2.75) is 6.54 Å². The summed E-state index contributed by atoms with van der Waals surface area (Å²) >= 11 is 0. The zero-order chi connectivity index (χ0) is 17.1. The van der Waals surface area contributed by atoms with Gasteiger partial charge in [-0.25, -0.2) is 4.79 Å². The minimum atomic E-state index is -1.49. The van der Waals surface area contributed by atoms with Gasteiger partial charge in [0.2, 0.25) is 0 Å². The molecule has 0 saturated heterocycles. The molecule has 1 aromatic carbocycles. The lowest BCUT2D eigenvalue weighted by atomic mass is 10.1. The summed E-state index contributed by atoms with van der Waals surface area (Å²) in [4.78, 5) is 44.3. The number of carboxylic acids is 2. The number of carboxylic acid groups (broad SMARTS) is 2. The van der Waals surface area contributed by atoms with Gasteiger partial charge in [0.05, 0.1) is 10.6 Å². The Hall–Kier alpha value is -3.49. The fourth-order valence-electron chi connectivity index (χ4n) is 2.06. The second-order valence-electron chi connectivity index (χ2n) is 4.53. The van der Waals surface area contributed by atoms with E-state index in [1.165, 1.54) is 30.3 Å². The Bertz CT molecular complexity index is 870. The van der Waals surface area contributed by atoms with Gasteiger partial charge in [0.15, 0.2) is 0 Å². The highest BCUT2D eigenvalue weighted by molar-refractivity contribution is 5.87. The highest BCUT2D eigenvalue weighted by Crippen LogP contribution is 2.23. The molecular formula is C14H10N2O7. The number of hydrogen-bond donors (Lipinski definition) is 2. The molecule has 23 heavy (non-hydrogen) atoms. The third kappa shape index (κ3) is 3.23. The van der Waals surface area contributed by atoms with Crippen molar-refractivity contribution in [2.24, 2.45) is 0 Å². The Morgan fingerprint density at radius 1 is 1.17 bits per heavy atom. The van der Waals surface area contributed by atoms with Crippen LogP contribution >= 0.6 is 0 Å². The number of nitro groups is 1. The number of aromatic carboxylic acids is 1. The van der Waals surface area contributed by atoms with Crippen LogP contribution in [-0.4, -0.2) is 31.6 Å². The van der Waals surface area contributed by atoms with Crippen LogP contribution < -0.4 is 5.56 Å². The number of non-ortho nitro benzene ring substituents is 1. The lowest BCUT2D eigenvalue weighted by Crippen LogP contribution is -2.30. The smallest absolute Gasteiger partial charge is 0.341 e. The molecule has 1 aromatic heterocycles. The molecule has 0 aliphatic rings. The largest absolute Gasteiger partial charge is 0.480 e. The van der Waals surface area contributed by atoms with Gasteiger partial charge >= 0.3 is 11.9 Å². The summed E-state index contributed by atoms with van der Waals surface area (Å²) in [5, 5.41) is 28.7. The molecule has 0 amide bonds. The van der Waals surface area contributed by atoms with E-state index in [-0.39, 0.29) is 16.9 Å². The number of carbonyl (C=O) groups is 2. The number of hydrogen-bond acceptors (Lipinski definition) is 5. The molecule has 2 aromatic rings. The molecule has 0 atom stereocenters. The molecule has 0 aliphatic heterocycles. The van der Waals surface area contributed by atoms with Crippen molar-refractivity contribution in [3.63, 3.8) is 0 Å². The van der Waals surface area contributed by atoms with Crippen LogP contribution in [-0.2, 0) is 11.3 Å². The van der Waals surface area contributed by atoms with Crippen molar-refractivity contribution in [3.8, 4) is 11.3 Å². The fourth-order valence-corrected chi connectivity index (χ4v) is 2.06. The number of pyridine rings is 1. The van der Waals surface area contributed by atoms with Crippen LogP contribution in [0.3, 0.4) is 0 Å². The molecular weight excluding hydrogens is 308 g/mol. The summed E-state index contributed by atoms with van der Waals surface area (Å²) in [6, 6.07) is 7.54. The van der Waals surface area contributed by atoms with Gasteiger partial charge < -0.3 is 10.2 Å². The Balaban J connectivity index is 2.71. The molecule has 0 saturated carbocycles. The first kappa shape index (κ1) is 15.9. The van der Waals surface area contributed by atoms with Crippen LogP contribution in [0.2, 0.25) is 0 Å².